The van der Waals surface area contributed by atoms with Gasteiger partial charge in [-0.05, 0) is 83.7 Å². The first-order chi connectivity index (χ1) is 18.0. The van der Waals surface area contributed by atoms with Crippen LogP contribution in [-0.4, -0.2) is 34.9 Å². The Morgan fingerprint density at radius 1 is 1.16 bits per heavy atom. The minimum atomic E-state index is -2.98. The van der Waals surface area contributed by atoms with E-state index in [1.54, 1.807) is 39.8 Å². The summed E-state index contributed by atoms with van der Waals surface area (Å²) >= 11 is 0. The van der Waals surface area contributed by atoms with Crippen LogP contribution in [0, 0.1) is 12.8 Å². The molecule has 2 heterocycles. The molecule has 1 atom stereocenters. The van der Waals surface area contributed by atoms with E-state index < -0.39 is 24.3 Å². The number of nitrogens with one attached hydrogen (secondary N) is 1. The van der Waals surface area contributed by atoms with Crippen molar-refractivity contribution in [1.29, 1.82) is 0 Å². The lowest BCUT2D eigenvalue weighted by atomic mass is 10.1. The molecule has 3 aromatic rings. The lowest BCUT2D eigenvalue weighted by Crippen LogP contribution is -2.34. The first kappa shape index (κ1) is 27.3. The Bertz CT molecular complexity index is 1270. The maximum Gasteiger partial charge on any atom is 0.408 e. The molecule has 1 saturated carbocycles. The molecule has 1 amide bonds. The van der Waals surface area contributed by atoms with Gasteiger partial charge in [-0.15, -0.1) is 0 Å². The third kappa shape index (κ3) is 7.66. The highest BCUT2D eigenvalue weighted by Gasteiger charge is 2.26. The van der Waals surface area contributed by atoms with Gasteiger partial charge in [0.1, 0.15) is 5.60 Å². The van der Waals surface area contributed by atoms with E-state index in [4.69, 9.17) is 18.9 Å². The molecule has 1 unspecified atom stereocenters. The number of alkyl halides is 2. The fourth-order valence-electron chi connectivity index (χ4n) is 3.81. The third-order valence-corrected chi connectivity index (χ3v) is 5.73. The molecule has 0 saturated heterocycles. The van der Waals surface area contributed by atoms with Crippen molar-refractivity contribution in [3.63, 3.8) is 0 Å². The summed E-state index contributed by atoms with van der Waals surface area (Å²) in [6.45, 7) is 6.45. The molecule has 1 aliphatic carbocycles. The molecule has 1 fully saturated rings. The number of carbonyl (C=O) groups is 1. The van der Waals surface area contributed by atoms with Gasteiger partial charge in [0, 0.05) is 23.4 Å². The lowest BCUT2D eigenvalue weighted by molar-refractivity contribution is -0.0515. The van der Waals surface area contributed by atoms with E-state index >= 15 is 0 Å². The van der Waals surface area contributed by atoms with Crippen LogP contribution in [0.4, 0.5) is 13.6 Å². The number of oxazole rings is 1. The Labute approximate surface area is 220 Å². The highest BCUT2D eigenvalue weighted by atomic mass is 19.3. The molecular weight excluding hydrogens is 496 g/mol. The van der Waals surface area contributed by atoms with Gasteiger partial charge in [0.15, 0.2) is 17.3 Å². The van der Waals surface area contributed by atoms with Crippen LogP contribution in [0.5, 0.6) is 11.5 Å². The summed E-state index contributed by atoms with van der Waals surface area (Å²) in [5.74, 6) is 1.24. The van der Waals surface area contributed by atoms with Gasteiger partial charge in [-0.1, -0.05) is 6.07 Å². The van der Waals surface area contributed by atoms with E-state index in [1.807, 2.05) is 25.1 Å². The Morgan fingerprint density at radius 2 is 1.92 bits per heavy atom. The van der Waals surface area contributed by atoms with Gasteiger partial charge in [-0.25, -0.2) is 9.78 Å². The molecule has 0 radical (unpaired) electrons. The van der Waals surface area contributed by atoms with Gasteiger partial charge in [0.05, 0.1) is 18.3 Å². The Kier molecular flexibility index (Phi) is 8.18. The summed E-state index contributed by atoms with van der Waals surface area (Å²) in [4.78, 5) is 21.7. The molecule has 8 nitrogen and oxygen atoms in total. The van der Waals surface area contributed by atoms with Crippen molar-refractivity contribution in [1.82, 2.24) is 15.3 Å². The monoisotopic (exact) mass is 529 g/mol. The number of hydrogen-bond donors (Lipinski definition) is 1. The Balaban J connectivity index is 1.66. The highest BCUT2D eigenvalue weighted by Crippen LogP contribution is 2.37. The quantitative estimate of drug-likeness (QED) is 0.316. The minimum Gasteiger partial charge on any atom is -0.489 e. The van der Waals surface area contributed by atoms with Crippen molar-refractivity contribution in [3.05, 3.63) is 59.2 Å². The smallest absolute Gasteiger partial charge is 0.408 e. The Morgan fingerprint density at radius 3 is 2.58 bits per heavy atom. The second-order valence-electron chi connectivity index (χ2n) is 10.4. The van der Waals surface area contributed by atoms with E-state index in [0.717, 1.165) is 24.2 Å². The Hall–Kier alpha value is -3.69. The molecule has 38 heavy (non-hydrogen) atoms. The third-order valence-electron chi connectivity index (χ3n) is 5.73. The zero-order chi connectivity index (χ0) is 27.4. The van der Waals surface area contributed by atoms with Crippen molar-refractivity contribution >= 4 is 6.09 Å². The molecule has 204 valence electrons. The molecule has 4 rings (SSSR count). The fourth-order valence-corrected chi connectivity index (χ4v) is 3.81. The van der Waals surface area contributed by atoms with Gasteiger partial charge >= 0.3 is 12.7 Å². The summed E-state index contributed by atoms with van der Waals surface area (Å²) in [6.07, 6.45) is 1.87. The van der Waals surface area contributed by atoms with E-state index in [1.165, 1.54) is 6.07 Å². The summed E-state index contributed by atoms with van der Waals surface area (Å²) in [7, 11) is 0. The first-order valence-corrected chi connectivity index (χ1v) is 12.6. The van der Waals surface area contributed by atoms with Crippen LogP contribution in [0.1, 0.15) is 69.4 Å². The normalized spacial score (nSPS) is 14.3. The number of carbonyl (C=O) groups excluding carboxylic acids is 1. The number of nitrogens with zero attached hydrogens (tertiary/aromatic N) is 2. The number of halogens is 2. The number of aromatic nitrogens is 2. The number of pyridine rings is 1. The zero-order valence-corrected chi connectivity index (χ0v) is 22.2. The maximum atomic E-state index is 13.0. The summed E-state index contributed by atoms with van der Waals surface area (Å²) in [5.41, 5.74) is 2.08. The first-order valence-electron chi connectivity index (χ1n) is 12.6. The second kappa shape index (κ2) is 11.4. The largest absolute Gasteiger partial charge is 0.489 e. The van der Waals surface area contributed by atoms with Crippen LogP contribution in [0.15, 0.2) is 40.8 Å². The molecule has 0 bridgehead atoms. The summed E-state index contributed by atoms with van der Waals surface area (Å²) < 4.78 is 47.9. The molecular formula is C28H33F2N3O5. The molecule has 1 aromatic carbocycles. The standard InChI is InChI=1S/C28H33F2N3O5/c1-16-7-6-8-20(31-16)14-21-24(17(2)32-27(34)38-28(3,4)5)37-25(33-21)19-11-12-22(36-26(29)30)23(13-19)35-15-18-9-10-18/h6-8,11-13,17-18,26H,9-10,14-15H2,1-5H3,(H,32,34). The van der Waals surface area contributed by atoms with Crippen molar-refractivity contribution in [2.45, 2.75) is 72.1 Å². The van der Waals surface area contributed by atoms with Gasteiger partial charge in [0.25, 0.3) is 0 Å². The number of amides is 1. The average molecular weight is 530 g/mol. The minimum absolute atomic E-state index is 0.0553. The number of hydrogen-bond acceptors (Lipinski definition) is 7. The SMILES string of the molecule is Cc1cccc(Cc2nc(-c3ccc(OC(F)F)c(OCC4CC4)c3)oc2C(C)NC(=O)OC(C)(C)C)n1. The van der Waals surface area contributed by atoms with Gasteiger partial charge < -0.3 is 23.9 Å². The van der Waals surface area contributed by atoms with Crippen molar-refractivity contribution in [2.75, 3.05) is 6.61 Å². The van der Waals surface area contributed by atoms with Gasteiger partial charge in [-0.3, -0.25) is 4.98 Å². The van der Waals surface area contributed by atoms with Crippen molar-refractivity contribution in [3.8, 4) is 23.0 Å². The summed E-state index contributed by atoms with van der Waals surface area (Å²) in [6, 6.07) is 9.70. The van der Waals surface area contributed by atoms with E-state index in [-0.39, 0.29) is 17.4 Å². The number of alkyl carbamates (subject to hydrolysis) is 1. The van der Waals surface area contributed by atoms with E-state index in [9.17, 15) is 13.6 Å². The number of ether oxygens (including phenoxy) is 3. The van der Waals surface area contributed by atoms with Crippen LogP contribution < -0.4 is 14.8 Å². The topological polar surface area (TPSA) is 95.7 Å². The number of aryl methyl sites for hydroxylation is 1. The van der Waals surface area contributed by atoms with E-state index in [2.05, 4.69) is 15.0 Å². The average Bonchev–Trinajstić information content (AvgIpc) is 3.55. The fraction of sp³-hybridized carbons (Fsp3) is 0.464. The summed E-state index contributed by atoms with van der Waals surface area (Å²) in [5, 5.41) is 2.79. The van der Waals surface area contributed by atoms with Crippen LogP contribution in [0.2, 0.25) is 0 Å². The van der Waals surface area contributed by atoms with Crippen LogP contribution in [0.3, 0.4) is 0 Å². The number of rotatable bonds is 10. The highest BCUT2D eigenvalue weighted by molar-refractivity contribution is 5.68. The molecule has 0 spiro atoms. The van der Waals surface area contributed by atoms with Crippen LogP contribution in [-0.2, 0) is 11.2 Å². The molecule has 0 aliphatic heterocycles. The molecule has 10 heteroatoms. The van der Waals surface area contributed by atoms with Gasteiger partial charge in [-0.2, -0.15) is 8.78 Å². The number of benzene rings is 1. The second-order valence-corrected chi connectivity index (χ2v) is 10.4. The lowest BCUT2D eigenvalue weighted by Gasteiger charge is -2.21. The predicted octanol–water partition coefficient (Wildman–Crippen LogP) is 6.61. The van der Waals surface area contributed by atoms with Crippen LogP contribution >= 0.6 is 0 Å². The van der Waals surface area contributed by atoms with E-state index in [0.29, 0.717) is 36.0 Å². The predicted molar refractivity (Wildman–Crippen MR) is 136 cm³/mol. The van der Waals surface area contributed by atoms with Crippen LogP contribution in [0.25, 0.3) is 11.5 Å². The van der Waals surface area contributed by atoms with Crippen molar-refractivity contribution in [2.24, 2.45) is 5.92 Å². The van der Waals surface area contributed by atoms with Gasteiger partial charge in [0.2, 0.25) is 5.89 Å². The zero-order valence-electron chi connectivity index (χ0n) is 22.2. The van der Waals surface area contributed by atoms with Crippen molar-refractivity contribution < 1.29 is 32.2 Å². The molecule has 2 aromatic heterocycles. The molecule has 1 N–H and O–H groups in total. The molecule has 1 aliphatic rings. The maximum absolute atomic E-state index is 13.0.